The second-order valence-corrected chi connectivity index (χ2v) is 7.56. The Hall–Kier alpha value is -1.27. The van der Waals surface area contributed by atoms with Gasteiger partial charge in [0.15, 0.2) is 0 Å². The zero-order chi connectivity index (χ0) is 14.9. The van der Waals surface area contributed by atoms with E-state index in [4.69, 9.17) is 5.73 Å². The van der Waals surface area contributed by atoms with Crippen LogP contribution < -0.4 is 10.6 Å². The van der Waals surface area contributed by atoms with Crippen LogP contribution in [0.3, 0.4) is 0 Å². The van der Waals surface area contributed by atoms with Crippen molar-refractivity contribution in [3.63, 3.8) is 0 Å². The molecule has 1 fully saturated rings. The van der Waals surface area contributed by atoms with Crippen molar-refractivity contribution in [2.75, 3.05) is 31.3 Å². The lowest BCUT2D eigenvalue weighted by Gasteiger charge is -2.27. The summed E-state index contributed by atoms with van der Waals surface area (Å²) in [4.78, 5) is 2.54. The molecule has 1 unspecified atom stereocenters. The van der Waals surface area contributed by atoms with E-state index in [1.807, 2.05) is 6.07 Å². The fourth-order valence-electron chi connectivity index (χ4n) is 2.74. The van der Waals surface area contributed by atoms with Crippen molar-refractivity contribution in [1.29, 1.82) is 0 Å². The van der Waals surface area contributed by atoms with Gasteiger partial charge in [0.1, 0.15) is 0 Å². The van der Waals surface area contributed by atoms with E-state index in [0.29, 0.717) is 11.7 Å². The number of nitrogen functional groups attached to an aromatic ring is 1. The molecule has 5 nitrogen and oxygen atoms in total. The molecule has 1 aromatic rings. The Kier molecular flexibility index (Phi) is 4.25. The van der Waals surface area contributed by atoms with Crippen molar-refractivity contribution in [3.8, 4) is 0 Å². The third-order valence-electron chi connectivity index (χ3n) is 3.94. The Morgan fingerprint density at radius 1 is 1.40 bits per heavy atom. The SMILES string of the molecule is CCC1CCCN1c1ccc(S(=O)(=O)N(C)C)cc1N. The Morgan fingerprint density at radius 2 is 2.10 bits per heavy atom. The van der Waals surface area contributed by atoms with Crippen molar-refractivity contribution in [2.45, 2.75) is 37.1 Å². The molecule has 1 aromatic carbocycles. The van der Waals surface area contributed by atoms with Gasteiger partial charge in [-0.1, -0.05) is 6.92 Å². The number of nitrogens with zero attached hydrogens (tertiary/aromatic N) is 2. The standard InChI is InChI=1S/C14H23N3O2S/c1-4-11-6-5-9-17(11)14-8-7-12(10-13(14)15)20(18,19)16(2)3/h7-8,10-11H,4-6,9,15H2,1-3H3. The molecule has 1 atom stereocenters. The third kappa shape index (κ3) is 2.62. The highest BCUT2D eigenvalue weighted by Gasteiger charge is 2.26. The summed E-state index contributed by atoms with van der Waals surface area (Å²) in [7, 11) is -0.382. The summed E-state index contributed by atoms with van der Waals surface area (Å²) in [5, 5.41) is 0. The number of benzene rings is 1. The molecule has 0 aliphatic carbocycles. The molecule has 0 radical (unpaired) electrons. The summed E-state index contributed by atoms with van der Waals surface area (Å²) in [6.45, 7) is 3.16. The van der Waals surface area contributed by atoms with Gasteiger partial charge >= 0.3 is 0 Å². The fraction of sp³-hybridized carbons (Fsp3) is 0.571. The second-order valence-electron chi connectivity index (χ2n) is 5.41. The Morgan fingerprint density at radius 3 is 2.65 bits per heavy atom. The molecular weight excluding hydrogens is 274 g/mol. The average Bonchev–Trinajstić information content (AvgIpc) is 2.86. The van der Waals surface area contributed by atoms with Gasteiger partial charge in [-0.3, -0.25) is 0 Å². The number of sulfonamides is 1. The van der Waals surface area contributed by atoms with E-state index in [1.54, 1.807) is 12.1 Å². The van der Waals surface area contributed by atoms with Crippen LogP contribution in [-0.4, -0.2) is 39.4 Å². The van der Waals surface area contributed by atoms with E-state index < -0.39 is 10.0 Å². The van der Waals surface area contributed by atoms with Crippen molar-refractivity contribution in [2.24, 2.45) is 0 Å². The number of rotatable bonds is 4. The lowest BCUT2D eigenvalue weighted by molar-refractivity contribution is 0.521. The van der Waals surface area contributed by atoms with Gasteiger partial charge in [0.05, 0.1) is 16.3 Å². The van der Waals surface area contributed by atoms with Crippen molar-refractivity contribution in [1.82, 2.24) is 4.31 Å². The lowest BCUT2D eigenvalue weighted by Crippen LogP contribution is -2.29. The lowest BCUT2D eigenvalue weighted by atomic mass is 10.1. The predicted molar refractivity (Wildman–Crippen MR) is 82.4 cm³/mol. The van der Waals surface area contributed by atoms with Gasteiger partial charge in [-0.2, -0.15) is 0 Å². The first-order valence-corrected chi connectivity index (χ1v) is 8.40. The minimum absolute atomic E-state index is 0.246. The molecule has 20 heavy (non-hydrogen) atoms. The van der Waals surface area contributed by atoms with E-state index in [0.717, 1.165) is 25.1 Å². The number of hydrogen-bond acceptors (Lipinski definition) is 4. The summed E-state index contributed by atoms with van der Waals surface area (Å²) in [5.74, 6) is 0. The van der Waals surface area contributed by atoms with Crippen LogP contribution in [0.4, 0.5) is 11.4 Å². The molecule has 0 bridgehead atoms. The summed E-state index contributed by atoms with van der Waals surface area (Å²) < 4.78 is 25.4. The second kappa shape index (κ2) is 5.61. The number of nitrogens with two attached hydrogens (primary N) is 1. The fourth-order valence-corrected chi connectivity index (χ4v) is 3.68. The molecule has 1 aliphatic rings. The molecule has 0 saturated carbocycles. The minimum atomic E-state index is -3.42. The minimum Gasteiger partial charge on any atom is -0.397 e. The van der Waals surface area contributed by atoms with Gasteiger partial charge < -0.3 is 10.6 Å². The van der Waals surface area contributed by atoms with Gasteiger partial charge in [-0.25, -0.2) is 12.7 Å². The summed E-state index contributed by atoms with van der Waals surface area (Å²) >= 11 is 0. The highest BCUT2D eigenvalue weighted by atomic mass is 32.2. The molecule has 6 heteroatoms. The number of hydrogen-bond donors (Lipinski definition) is 1. The van der Waals surface area contributed by atoms with E-state index in [1.165, 1.54) is 24.8 Å². The molecular formula is C14H23N3O2S. The maximum Gasteiger partial charge on any atom is 0.242 e. The van der Waals surface area contributed by atoms with Crippen molar-refractivity contribution in [3.05, 3.63) is 18.2 Å². The highest BCUT2D eigenvalue weighted by Crippen LogP contribution is 2.33. The average molecular weight is 297 g/mol. The molecule has 1 aliphatic heterocycles. The molecule has 112 valence electrons. The first kappa shape index (κ1) is 15.1. The van der Waals surface area contributed by atoms with E-state index in [-0.39, 0.29) is 4.90 Å². The van der Waals surface area contributed by atoms with Gasteiger partial charge in [0.2, 0.25) is 10.0 Å². The Balaban J connectivity index is 2.36. The van der Waals surface area contributed by atoms with Crippen LogP contribution in [-0.2, 0) is 10.0 Å². The zero-order valence-corrected chi connectivity index (χ0v) is 13.2. The highest BCUT2D eigenvalue weighted by molar-refractivity contribution is 7.89. The van der Waals surface area contributed by atoms with Crippen LogP contribution in [0.2, 0.25) is 0 Å². The van der Waals surface area contributed by atoms with Gasteiger partial charge in [-0.15, -0.1) is 0 Å². The summed E-state index contributed by atoms with van der Waals surface area (Å²) in [6, 6.07) is 5.55. The van der Waals surface area contributed by atoms with Crippen molar-refractivity contribution < 1.29 is 8.42 Å². The van der Waals surface area contributed by atoms with E-state index in [2.05, 4.69) is 11.8 Å². The third-order valence-corrected chi connectivity index (χ3v) is 5.75. The molecule has 0 amide bonds. The molecule has 1 heterocycles. The van der Waals surface area contributed by atoms with Crippen LogP contribution in [0, 0.1) is 0 Å². The van der Waals surface area contributed by atoms with Crippen LogP contribution in [0.25, 0.3) is 0 Å². The van der Waals surface area contributed by atoms with E-state index in [9.17, 15) is 8.42 Å². The molecule has 1 saturated heterocycles. The van der Waals surface area contributed by atoms with Gasteiger partial charge in [-0.05, 0) is 37.5 Å². The van der Waals surface area contributed by atoms with Crippen molar-refractivity contribution >= 4 is 21.4 Å². The Bertz CT molecular complexity index is 584. The van der Waals surface area contributed by atoms with Gasteiger partial charge in [0, 0.05) is 26.7 Å². The van der Waals surface area contributed by atoms with Crippen LogP contribution >= 0.6 is 0 Å². The monoisotopic (exact) mass is 297 g/mol. The smallest absolute Gasteiger partial charge is 0.242 e. The summed E-state index contributed by atoms with van der Waals surface area (Å²) in [5.41, 5.74) is 7.58. The molecule has 2 rings (SSSR count). The van der Waals surface area contributed by atoms with Crippen LogP contribution in [0.1, 0.15) is 26.2 Å². The van der Waals surface area contributed by atoms with Gasteiger partial charge in [0.25, 0.3) is 0 Å². The molecule has 0 aromatic heterocycles. The topological polar surface area (TPSA) is 66.6 Å². The maximum absolute atomic E-state index is 12.1. The quantitative estimate of drug-likeness (QED) is 0.862. The zero-order valence-electron chi connectivity index (χ0n) is 12.3. The predicted octanol–water partition coefficient (Wildman–Crippen LogP) is 1.90. The number of anilines is 2. The molecule has 2 N–H and O–H groups in total. The largest absolute Gasteiger partial charge is 0.397 e. The first-order valence-electron chi connectivity index (χ1n) is 6.96. The maximum atomic E-state index is 12.1. The van der Waals surface area contributed by atoms with E-state index >= 15 is 0 Å². The first-order chi connectivity index (χ1) is 9.37. The molecule has 0 spiro atoms. The Labute approximate surface area is 121 Å². The van der Waals surface area contributed by atoms with Crippen LogP contribution in [0.15, 0.2) is 23.1 Å². The summed E-state index contributed by atoms with van der Waals surface area (Å²) in [6.07, 6.45) is 3.42. The van der Waals surface area contributed by atoms with Crippen LogP contribution in [0.5, 0.6) is 0 Å². The normalized spacial score (nSPS) is 19.8.